The Labute approximate surface area is 171 Å². The van der Waals surface area contributed by atoms with Gasteiger partial charge in [0.25, 0.3) is 5.91 Å². The van der Waals surface area contributed by atoms with Crippen LogP contribution in [0.4, 0.5) is 5.69 Å². The van der Waals surface area contributed by atoms with Crippen LogP contribution < -0.4 is 10.5 Å². The summed E-state index contributed by atoms with van der Waals surface area (Å²) < 4.78 is 25.5. The number of aryl methyl sites for hydroxylation is 1. The van der Waals surface area contributed by atoms with Gasteiger partial charge in [-0.2, -0.15) is 5.10 Å². The van der Waals surface area contributed by atoms with Crippen LogP contribution in [0.15, 0.2) is 57.9 Å². The van der Waals surface area contributed by atoms with E-state index < -0.39 is 10.0 Å². The summed E-state index contributed by atoms with van der Waals surface area (Å²) in [5, 5.41) is 12.3. The highest BCUT2D eigenvalue weighted by molar-refractivity contribution is 9.10. The van der Waals surface area contributed by atoms with Crippen molar-refractivity contribution in [2.75, 3.05) is 5.32 Å². The number of sulfonamides is 1. The van der Waals surface area contributed by atoms with Gasteiger partial charge >= 0.3 is 0 Å². The molecule has 0 aliphatic rings. The quantitative estimate of drug-likeness (QED) is 0.606. The fourth-order valence-corrected chi connectivity index (χ4v) is 3.54. The molecule has 3 rings (SSSR count). The third-order valence-corrected chi connectivity index (χ3v) is 6.33. The van der Waals surface area contributed by atoms with E-state index in [1.807, 2.05) is 30.7 Å². The standard InChI is InChI=1S/C19H19BrN4O3S/c1-12-18(20)13(2)24(23-12)11-14-4-3-5-15(10-14)19(25)22-16-6-8-17(9-7-16)28(21,26)27/h3-10H,11H2,1-2H3,(H,22,25)(H2,21,26,27). The van der Waals surface area contributed by atoms with Crippen molar-refractivity contribution >= 4 is 37.5 Å². The number of anilines is 1. The van der Waals surface area contributed by atoms with E-state index in [9.17, 15) is 13.2 Å². The Bertz CT molecular complexity index is 1140. The van der Waals surface area contributed by atoms with E-state index in [1.54, 1.807) is 12.1 Å². The summed E-state index contributed by atoms with van der Waals surface area (Å²) in [5.41, 5.74) is 3.84. The first-order chi connectivity index (χ1) is 13.1. The zero-order valence-electron chi connectivity index (χ0n) is 15.3. The second-order valence-electron chi connectivity index (χ2n) is 6.37. The van der Waals surface area contributed by atoms with Crippen molar-refractivity contribution < 1.29 is 13.2 Å². The monoisotopic (exact) mass is 462 g/mol. The minimum Gasteiger partial charge on any atom is -0.322 e. The van der Waals surface area contributed by atoms with E-state index in [1.165, 1.54) is 24.3 Å². The molecule has 0 bridgehead atoms. The number of carbonyl (C=O) groups is 1. The van der Waals surface area contributed by atoms with Gasteiger partial charge < -0.3 is 5.32 Å². The average molecular weight is 463 g/mol. The van der Waals surface area contributed by atoms with Gasteiger partial charge in [0.05, 0.1) is 27.3 Å². The van der Waals surface area contributed by atoms with Gasteiger partial charge in [-0.3, -0.25) is 9.48 Å². The van der Waals surface area contributed by atoms with Crippen molar-refractivity contribution in [3.05, 3.63) is 75.5 Å². The lowest BCUT2D eigenvalue weighted by Gasteiger charge is -2.09. The first-order valence-corrected chi connectivity index (χ1v) is 10.7. The Hall–Kier alpha value is -2.49. The van der Waals surface area contributed by atoms with Crippen molar-refractivity contribution in [3.63, 3.8) is 0 Å². The normalized spacial score (nSPS) is 11.4. The molecule has 28 heavy (non-hydrogen) atoms. The number of rotatable bonds is 5. The molecule has 3 aromatic rings. The maximum atomic E-state index is 12.5. The van der Waals surface area contributed by atoms with Crippen LogP contribution >= 0.6 is 15.9 Å². The van der Waals surface area contributed by atoms with Crippen LogP contribution in [-0.2, 0) is 16.6 Å². The van der Waals surface area contributed by atoms with Crippen LogP contribution in [0.5, 0.6) is 0 Å². The molecule has 9 heteroatoms. The average Bonchev–Trinajstić information content (AvgIpc) is 2.88. The summed E-state index contributed by atoms with van der Waals surface area (Å²) in [6, 6.07) is 13.0. The third kappa shape index (κ3) is 4.49. The number of hydrogen-bond donors (Lipinski definition) is 2. The third-order valence-electron chi connectivity index (χ3n) is 4.26. The minimum absolute atomic E-state index is 0.0106. The van der Waals surface area contributed by atoms with E-state index in [4.69, 9.17) is 5.14 Å². The van der Waals surface area contributed by atoms with E-state index in [0.717, 1.165) is 21.4 Å². The van der Waals surface area contributed by atoms with Gasteiger partial charge in [0.15, 0.2) is 0 Å². The Balaban J connectivity index is 1.76. The first kappa shape index (κ1) is 20.2. The number of amides is 1. The van der Waals surface area contributed by atoms with Gasteiger partial charge in [-0.25, -0.2) is 13.6 Å². The fraction of sp³-hybridized carbons (Fsp3) is 0.158. The molecule has 1 aromatic heterocycles. The van der Waals surface area contributed by atoms with Crippen molar-refractivity contribution in [2.24, 2.45) is 5.14 Å². The molecule has 2 aromatic carbocycles. The zero-order chi connectivity index (χ0) is 20.5. The second-order valence-corrected chi connectivity index (χ2v) is 8.72. The lowest BCUT2D eigenvalue weighted by molar-refractivity contribution is 0.102. The molecule has 0 saturated carbocycles. The molecule has 0 fully saturated rings. The zero-order valence-corrected chi connectivity index (χ0v) is 17.7. The molecule has 0 radical (unpaired) electrons. The van der Waals surface area contributed by atoms with Gasteiger partial charge in [-0.1, -0.05) is 12.1 Å². The van der Waals surface area contributed by atoms with E-state index in [0.29, 0.717) is 17.8 Å². The highest BCUT2D eigenvalue weighted by Crippen LogP contribution is 2.21. The fourth-order valence-electron chi connectivity index (χ4n) is 2.74. The molecule has 146 valence electrons. The Kier molecular flexibility index (Phi) is 5.69. The van der Waals surface area contributed by atoms with Gasteiger partial charge in [0, 0.05) is 11.3 Å². The van der Waals surface area contributed by atoms with Crippen molar-refractivity contribution in [1.82, 2.24) is 9.78 Å². The predicted octanol–water partition coefficient (Wildman–Crippen LogP) is 3.21. The van der Waals surface area contributed by atoms with E-state index in [-0.39, 0.29) is 10.8 Å². The number of aromatic nitrogens is 2. The number of carbonyl (C=O) groups excluding carboxylic acids is 1. The molecule has 0 aliphatic carbocycles. The van der Waals surface area contributed by atoms with E-state index in [2.05, 4.69) is 26.3 Å². The molecule has 7 nitrogen and oxygen atoms in total. The topological polar surface area (TPSA) is 107 Å². The summed E-state index contributed by atoms with van der Waals surface area (Å²) in [6.07, 6.45) is 0. The molecule has 0 atom stereocenters. The van der Waals surface area contributed by atoms with Gasteiger partial charge in [0.1, 0.15) is 0 Å². The lowest BCUT2D eigenvalue weighted by atomic mass is 10.1. The Morgan fingerprint density at radius 1 is 1.18 bits per heavy atom. The van der Waals surface area contributed by atoms with Crippen molar-refractivity contribution in [3.8, 4) is 0 Å². The lowest BCUT2D eigenvalue weighted by Crippen LogP contribution is -2.14. The van der Waals surface area contributed by atoms with Crippen LogP contribution in [0.25, 0.3) is 0 Å². The highest BCUT2D eigenvalue weighted by atomic mass is 79.9. The maximum Gasteiger partial charge on any atom is 0.255 e. The first-order valence-electron chi connectivity index (χ1n) is 8.38. The van der Waals surface area contributed by atoms with Gasteiger partial charge in [-0.15, -0.1) is 0 Å². The summed E-state index contributed by atoms with van der Waals surface area (Å²) in [6.45, 7) is 4.45. The number of nitrogens with zero attached hydrogens (tertiary/aromatic N) is 2. The Morgan fingerprint density at radius 2 is 1.86 bits per heavy atom. The number of benzene rings is 2. The van der Waals surface area contributed by atoms with Crippen molar-refractivity contribution in [2.45, 2.75) is 25.3 Å². The summed E-state index contributed by atoms with van der Waals surface area (Å²) in [7, 11) is -3.76. The van der Waals surface area contributed by atoms with Crippen LogP contribution in [0.3, 0.4) is 0 Å². The van der Waals surface area contributed by atoms with Gasteiger partial charge in [0.2, 0.25) is 10.0 Å². The molecule has 1 heterocycles. The van der Waals surface area contributed by atoms with Crippen LogP contribution in [0.1, 0.15) is 27.3 Å². The number of nitrogens with one attached hydrogen (secondary N) is 1. The molecular weight excluding hydrogens is 444 g/mol. The summed E-state index contributed by atoms with van der Waals surface area (Å²) in [5.74, 6) is -0.292. The minimum atomic E-state index is -3.76. The number of nitrogens with two attached hydrogens (primary N) is 1. The number of primary sulfonamides is 1. The molecule has 3 N–H and O–H groups in total. The Morgan fingerprint density at radius 3 is 2.43 bits per heavy atom. The van der Waals surface area contributed by atoms with Crippen LogP contribution in [-0.4, -0.2) is 24.1 Å². The largest absolute Gasteiger partial charge is 0.322 e. The summed E-state index contributed by atoms with van der Waals surface area (Å²) in [4.78, 5) is 12.5. The van der Waals surface area contributed by atoms with Gasteiger partial charge in [-0.05, 0) is 71.7 Å². The number of hydrogen-bond acceptors (Lipinski definition) is 4. The molecule has 0 spiro atoms. The van der Waals surface area contributed by atoms with Crippen LogP contribution in [0, 0.1) is 13.8 Å². The summed E-state index contributed by atoms with van der Waals surface area (Å²) >= 11 is 3.51. The number of halogens is 1. The molecule has 0 unspecified atom stereocenters. The molecule has 0 saturated heterocycles. The predicted molar refractivity (Wildman–Crippen MR) is 111 cm³/mol. The molecule has 0 aliphatic heterocycles. The van der Waals surface area contributed by atoms with E-state index >= 15 is 0 Å². The maximum absolute atomic E-state index is 12.5. The van der Waals surface area contributed by atoms with Crippen molar-refractivity contribution in [1.29, 1.82) is 0 Å². The van der Waals surface area contributed by atoms with Crippen LogP contribution in [0.2, 0.25) is 0 Å². The molecular formula is C19H19BrN4O3S. The highest BCUT2D eigenvalue weighted by Gasteiger charge is 2.12. The molecule has 1 amide bonds. The SMILES string of the molecule is Cc1nn(Cc2cccc(C(=O)Nc3ccc(S(N)(=O)=O)cc3)c2)c(C)c1Br. The second kappa shape index (κ2) is 7.86. The smallest absolute Gasteiger partial charge is 0.255 e.